The molecule has 3 rings (SSSR count). The summed E-state index contributed by atoms with van der Waals surface area (Å²) in [5.74, 6) is 0.271. The molecule has 2 aromatic carbocycles. The van der Waals surface area contributed by atoms with Crippen molar-refractivity contribution in [3.8, 4) is 5.69 Å². The molecule has 2 N–H and O–H groups in total. The van der Waals surface area contributed by atoms with E-state index in [1.165, 1.54) is 4.90 Å². The van der Waals surface area contributed by atoms with Gasteiger partial charge in [0.2, 0.25) is 5.91 Å². The molecule has 7 nitrogen and oxygen atoms in total. The van der Waals surface area contributed by atoms with Gasteiger partial charge in [-0.3, -0.25) is 4.79 Å². The summed E-state index contributed by atoms with van der Waals surface area (Å²) in [7, 11) is 1.59. The van der Waals surface area contributed by atoms with E-state index in [4.69, 9.17) is 5.10 Å². The van der Waals surface area contributed by atoms with E-state index in [2.05, 4.69) is 37.5 Å². The van der Waals surface area contributed by atoms with E-state index >= 15 is 0 Å². The fraction of sp³-hybridized carbons (Fsp3) is 0.346. The zero-order valence-corrected chi connectivity index (χ0v) is 20.5. The van der Waals surface area contributed by atoms with Crippen LogP contribution in [0.25, 0.3) is 5.69 Å². The van der Waals surface area contributed by atoms with E-state index in [1.807, 2.05) is 63.2 Å². The Hall–Kier alpha value is -3.61. The van der Waals surface area contributed by atoms with Gasteiger partial charge in [0, 0.05) is 24.2 Å². The summed E-state index contributed by atoms with van der Waals surface area (Å²) in [4.78, 5) is 26.7. The van der Waals surface area contributed by atoms with Gasteiger partial charge in [0.25, 0.3) is 0 Å². The van der Waals surface area contributed by atoms with Gasteiger partial charge in [0.05, 0.1) is 11.4 Å². The monoisotopic (exact) mass is 447 g/mol. The fourth-order valence-corrected chi connectivity index (χ4v) is 3.47. The lowest BCUT2D eigenvalue weighted by atomic mass is 9.92. The molecule has 174 valence electrons. The van der Waals surface area contributed by atoms with Gasteiger partial charge in [0.15, 0.2) is 0 Å². The summed E-state index contributed by atoms with van der Waals surface area (Å²) in [6, 6.07) is 15.2. The van der Waals surface area contributed by atoms with Crippen molar-refractivity contribution < 1.29 is 9.59 Å². The third-order valence-electron chi connectivity index (χ3n) is 5.32. The minimum absolute atomic E-state index is 0.0967. The van der Waals surface area contributed by atoms with Crippen molar-refractivity contribution in [2.45, 2.75) is 47.0 Å². The Balaban J connectivity index is 1.78. The molecule has 0 radical (unpaired) electrons. The molecule has 0 saturated heterocycles. The number of carbonyl (C=O) groups is 2. The maximum absolute atomic E-state index is 12.8. The number of benzene rings is 2. The fourth-order valence-electron chi connectivity index (χ4n) is 3.47. The number of aryl methyl sites for hydroxylation is 3. The Labute approximate surface area is 195 Å². The van der Waals surface area contributed by atoms with Crippen LogP contribution in [0.2, 0.25) is 0 Å². The smallest absolute Gasteiger partial charge is 0.318 e. The molecule has 33 heavy (non-hydrogen) atoms. The van der Waals surface area contributed by atoms with Crippen LogP contribution in [-0.4, -0.2) is 40.2 Å². The van der Waals surface area contributed by atoms with Gasteiger partial charge < -0.3 is 15.5 Å². The first-order chi connectivity index (χ1) is 15.4. The van der Waals surface area contributed by atoms with Crippen LogP contribution >= 0.6 is 0 Å². The van der Waals surface area contributed by atoms with E-state index in [1.54, 1.807) is 11.7 Å². The SMILES string of the molecule is Cc1cccc(NC(=O)N(C)CC(=O)Nc2cc(C(C)(C)C)nn2-c2ccc(C)cc2C)c1. The Kier molecular flexibility index (Phi) is 6.91. The molecule has 1 aromatic heterocycles. The van der Waals surface area contributed by atoms with Crippen molar-refractivity contribution in [3.63, 3.8) is 0 Å². The van der Waals surface area contributed by atoms with E-state index in [9.17, 15) is 9.59 Å². The molecule has 0 spiro atoms. The summed E-state index contributed by atoms with van der Waals surface area (Å²) >= 11 is 0. The second kappa shape index (κ2) is 9.48. The number of amides is 3. The number of hydrogen-bond donors (Lipinski definition) is 2. The van der Waals surface area contributed by atoms with Gasteiger partial charge in [-0.15, -0.1) is 0 Å². The molecule has 0 atom stereocenters. The van der Waals surface area contributed by atoms with Crippen molar-refractivity contribution in [2.75, 3.05) is 24.2 Å². The highest BCUT2D eigenvalue weighted by Gasteiger charge is 2.23. The molecule has 7 heteroatoms. The predicted octanol–water partition coefficient (Wildman–Crippen LogP) is 5.20. The van der Waals surface area contributed by atoms with Gasteiger partial charge in [-0.05, 0) is 50.1 Å². The maximum atomic E-state index is 12.8. The van der Waals surface area contributed by atoms with E-state index in [0.29, 0.717) is 11.5 Å². The van der Waals surface area contributed by atoms with Crippen molar-refractivity contribution in [2.24, 2.45) is 0 Å². The Morgan fingerprint density at radius 1 is 0.970 bits per heavy atom. The van der Waals surface area contributed by atoms with Crippen LogP contribution in [-0.2, 0) is 10.2 Å². The second-order valence-corrected chi connectivity index (χ2v) is 9.57. The second-order valence-electron chi connectivity index (χ2n) is 9.57. The van der Waals surface area contributed by atoms with E-state index in [-0.39, 0.29) is 23.9 Å². The molecule has 3 aromatic rings. The highest BCUT2D eigenvalue weighted by molar-refractivity contribution is 5.96. The first-order valence-corrected chi connectivity index (χ1v) is 11.0. The van der Waals surface area contributed by atoms with Crippen LogP contribution in [0.3, 0.4) is 0 Å². The van der Waals surface area contributed by atoms with Crippen LogP contribution in [0.5, 0.6) is 0 Å². The first kappa shape index (κ1) is 24.0. The van der Waals surface area contributed by atoms with Crippen molar-refractivity contribution in [1.82, 2.24) is 14.7 Å². The highest BCUT2D eigenvalue weighted by atomic mass is 16.2. The summed E-state index contributed by atoms with van der Waals surface area (Å²) < 4.78 is 1.76. The molecule has 0 saturated carbocycles. The van der Waals surface area contributed by atoms with Crippen molar-refractivity contribution in [1.29, 1.82) is 0 Å². The number of urea groups is 1. The molecule has 3 amide bonds. The minimum Gasteiger partial charge on any atom is -0.318 e. The lowest BCUT2D eigenvalue weighted by Gasteiger charge is -2.18. The number of anilines is 2. The zero-order chi connectivity index (χ0) is 24.3. The van der Waals surface area contributed by atoms with Gasteiger partial charge in [-0.1, -0.05) is 50.6 Å². The van der Waals surface area contributed by atoms with Gasteiger partial charge in [-0.25, -0.2) is 9.48 Å². The van der Waals surface area contributed by atoms with Crippen LogP contribution in [0.15, 0.2) is 48.5 Å². The van der Waals surface area contributed by atoms with Crippen LogP contribution in [0.1, 0.15) is 43.2 Å². The molecule has 0 bridgehead atoms. The average molecular weight is 448 g/mol. The lowest BCUT2D eigenvalue weighted by Crippen LogP contribution is -2.37. The molecule has 0 fully saturated rings. The third kappa shape index (κ3) is 6.00. The maximum Gasteiger partial charge on any atom is 0.322 e. The third-order valence-corrected chi connectivity index (χ3v) is 5.32. The number of nitrogens with zero attached hydrogens (tertiary/aromatic N) is 3. The number of aromatic nitrogens is 2. The van der Waals surface area contributed by atoms with Crippen molar-refractivity contribution in [3.05, 3.63) is 70.9 Å². The standard InChI is InChI=1S/C26H33N5O2/c1-17-9-8-10-20(14-17)27-25(33)30(7)16-24(32)28-23-15-22(26(4,5)6)29-31(23)21-12-11-18(2)13-19(21)3/h8-15H,16H2,1-7H3,(H,27,33)(H,28,32). The van der Waals surface area contributed by atoms with E-state index in [0.717, 1.165) is 28.1 Å². The lowest BCUT2D eigenvalue weighted by molar-refractivity contribution is -0.116. The quantitative estimate of drug-likeness (QED) is 0.564. The molecule has 0 aliphatic rings. The Morgan fingerprint density at radius 3 is 2.30 bits per heavy atom. The van der Waals surface area contributed by atoms with Crippen LogP contribution in [0, 0.1) is 20.8 Å². The molecule has 0 aliphatic carbocycles. The van der Waals surface area contributed by atoms with Crippen LogP contribution in [0.4, 0.5) is 16.3 Å². The average Bonchev–Trinajstić information content (AvgIpc) is 3.11. The molecule has 0 aliphatic heterocycles. The normalized spacial score (nSPS) is 11.2. The molecular formula is C26H33N5O2. The number of nitrogens with one attached hydrogen (secondary N) is 2. The summed E-state index contributed by atoms with van der Waals surface area (Å²) in [5, 5.41) is 10.5. The topological polar surface area (TPSA) is 79.3 Å². The molecule has 1 heterocycles. The highest BCUT2D eigenvalue weighted by Crippen LogP contribution is 2.27. The van der Waals surface area contributed by atoms with Gasteiger partial charge in [-0.2, -0.15) is 5.10 Å². The molecule has 0 unspecified atom stereocenters. The van der Waals surface area contributed by atoms with Crippen LogP contribution < -0.4 is 10.6 Å². The number of carbonyl (C=O) groups excluding carboxylic acids is 2. The predicted molar refractivity (Wildman–Crippen MR) is 133 cm³/mol. The van der Waals surface area contributed by atoms with Crippen molar-refractivity contribution >= 4 is 23.4 Å². The first-order valence-electron chi connectivity index (χ1n) is 11.0. The Bertz CT molecular complexity index is 1170. The summed E-state index contributed by atoms with van der Waals surface area (Å²) in [6.45, 7) is 12.2. The number of rotatable bonds is 5. The van der Waals surface area contributed by atoms with E-state index < -0.39 is 0 Å². The summed E-state index contributed by atoms with van der Waals surface area (Å²) in [5.41, 5.74) is 5.53. The zero-order valence-electron chi connectivity index (χ0n) is 20.5. The van der Waals surface area contributed by atoms with Gasteiger partial charge >= 0.3 is 6.03 Å². The largest absolute Gasteiger partial charge is 0.322 e. The number of hydrogen-bond acceptors (Lipinski definition) is 3. The summed E-state index contributed by atoms with van der Waals surface area (Å²) in [6.07, 6.45) is 0. The van der Waals surface area contributed by atoms with Gasteiger partial charge in [0.1, 0.15) is 12.4 Å². The minimum atomic E-state index is -0.353. The Morgan fingerprint density at radius 2 is 1.67 bits per heavy atom. The molecular weight excluding hydrogens is 414 g/mol. The number of likely N-dealkylation sites (N-methyl/N-ethyl adjacent to an activating group) is 1.